The number of hydrogen-bond acceptors (Lipinski definition) is 5. The number of H-pyrrole nitrogens is 1. The molecule has 0 spiro atoms. The maximum atomic E-state index is 12.7. The van der Waals surface area contributed by atoms with E-state index < -0.39 is 5.56 Å². The fraction of sp³-hybridized carbons (Fsp3) is 0.250. The van der Waals surface area contributed by atoms with E-state index in [2.05, 4.69) is 19.9 Å². The largest absolute Gasteiger partial charge is 0.338 e. The molecule has 1 N–H and O–H groups in total. The number of rotatable bonds is 5. The summed E-state index contributed by atoms with van der Waals surface area (Å²) >= 11 is 0. The number of likely N-dealkylation sites (N-methyl/N-ethyl adjacent to an activating group) is 1. The number of pyridine rings is 2. The number of carbonyl (C=O) groups is 1. The molecule has 0 aliphatic heterocycles. The number of aromatic amines is 1. The Morgan fingerprint density at radius 3 is 2.70 bits per heavy atom. The summed E-state index contributed by atoms with van der Waals surface area (Å²) in [5, 5.41) is 0. The molecule has 3 heterocycles. The van der Waals surface area contributed by atoms with E-state index in [1.807, 2.05) is 26.0 Å². The zero-order chi connectivity index (χ0) is 19.4. The summed E-state index contributed by atoms with van der Waals surface area (Å²) in [7, 11) is 1.68. The topological polar surface area (TPSA) is 91.8 Å². The van der Waals surface area contributed by atoms with Crippen molar-refractivity contribution in [2.24, 2.45) is 0 Å². The fourth-order valence-electron chi connectivity index (χ4n) is 2.74. The second-order valence-corrected chi connectivity index (χ2v) is 6.51. The molecule has 1 amide bonds. The average molecular weight is 363 g/mol. The van der Waals surface area contributed by atoms with Gasteiger partial charge in [-0.05, 0) is 43.7 Å². The molecule has 138 valence electrons. The van der Waals surface area contributed by atoms with Gasteiger partial charge in [-0.1, -0.05) is 0 Å². The third-order valence-electron chi connectivity index (χ3n) is 4.42. The maximum Gasteiger partial charge on any atom is 0.264 e. The van der Waals surface area contributed by atoms with Crippen molar-refractivity contribution in [1.29, 1.82) is 0 Å². The number of nitrogens with zero attached hydrogens (tertiary/aromatic N) is 4. The molecule has 1 atom stereocenters. The van der Waals surface area contributed by atoms with Crippen molar-refractivity contribution in [3.63, 3.8) is 0 Å². The van der Waals surface area contributed by atoms with Crippen molar-refractivity contribution in [2.45, 2.75) is 26.3 Å². The van der Waals surface area contributed by atoms with E-state index in [1.165, 1.54) is 6.20 Å². The first-order valence-electron chi connectivity index (χ1n) is 8.64. The van der Waals surface area contributed by atoms with E-state index in [0.717, 1.165) is 11.3 Å². The molecule has 3 aromatic rings. The van der Waals surface area contributed by atoms with Gasteiger partial charge in [0.05, 0.1) is 0 Å². The van der Waals surface area contributed by atoms with Crippen LogP contribution in [0.2, 0.25) is 0 Å². The molecular formula is C20H21N5O2. The third-order valence-corrected chi connectivity index (χ3v) is 4.42. The van der Waals surface area contributed by atoms with Crippen molar-refractivity contribution in [3.05, 3.63) is 76.2 Å². The van der Waals surface area contributed by atoms with Crippen molar-refractivity contribution in [3.8, 4) is 11.4 Å². The van der Waals surface area contributed by atoms with Gasteiger partial charge in [0.2, 0.25) is 0 Å². The highest BCUT2D eigenvalue weighted by Gasteiger charge is 2.21. The second kappa shape index (κ2) is 7.90. The van der Waals surface area contributed by atoms with Crippen molar-refractivity contribution in [1.82, 2.24) is 24.8 Å². The second-order valence-electron chi connectivity index (χ2n) is 6.51. The molecule has 0 aliphatic carbocycles. The van der Waals surface area contributed by atoms with Crippen molar-refractivity contribution >= 4 is 5.91 Å². The van der Waals surface area contributed by atoms with Crippen LogP contribution in [0, 0.1) is 6.92 Å². The Morgan fingerprint density at radius 1 is 1.22 bits per heavy atom. The summed E-state index contributed by atoms with van der Waals surface area (Å²) < 4.78 is 0. The van der Waals surface area contributed by atoms with E-state index in [4.69, 9.17) is 0 Å². The van der Waals surface area contributed by atoms with Gasteiger partial charge in [-0.25, -0.2) is 4.98 Å². The number of nitrogens with one attached hydrogen (secondary N) is 1. The Morgan fingerprint density at radius 2 is 2.04 bits per heavy atom. The Bertz CT molecular complexity index is 1000. The summed E-state index contributed by atoms with van der Waals surface area (Å²) in [5.41, 5.74) is 2.24. The van der Waals surface area contributed by atoms with Crippen LogP contribution in [0.3, 0.4) is 0 Å². The third kappa shape index (κ3) is 4.25. The SMILES string of the molecule is Cc1ccnc(C[C@H](C)N(C)C(=O)c2cnc(-c3cccnc3)[nH]c2=O)c1. The summed E-state index contributed by atoms with van der Waals surface area (Å²) in [6, 6.07) is 7.34. The Labute approximate surface area is 157 Å². The van der Waals surface area contributed by atoms with Gasteiger partial charge >= 0.3 is 0 Å². The van der Waals surface area contributed by atoms with Crippen LogP contribution in [0.1, 0.15) is 28.5 Å². The van der Waals surface area contributed by atoms with E-state index >= 15 is 0 Å². The number of aromatic nitrogens is 4. The zero-order valence-corrected chi connectivity index (χ0v) is 15.5. The fourth-order valence-corrected chi connectivity index (χ4v) is 2.74. The Hall–Kier alpha value is -3.35. The lowest BCUT2D eigenvalue weighted by molar-refractivity contribution is 0.0740. The Balaban J connectivity index is 1.77. The van der Waals surface area contributed by atoms with Crippen molar-refractivity contribution in [2.75, 3.05) is 7.05 Å². The van der Waals surface area contributed by atoms with Crippen LogP contribution in [0.5, 0.6) is 0 Å². The van der Waals surface area contributed by atoms with E-state index in [0.29, 0.717) is 17.8 Å². The molecule has 7 nitrogen and oxygen atoms in total. The molecule has 0 bridgehead atoms. The minimum Gasteiger partial charge on any atom is -0.338 e. The highest BCUT2D eigenvalue weighted by molar-refractivity contribution is 5.93. The van der Waals surface area contributed by atoms with Gasteiger partial charge in [-0.15, -0.1) is 0 Å². The molecule has 3 rings (SSSR count). The average Bonchev–Trinajstić information content (AvgIpc) is 2.67. The molecule has 0 aliphatic rings. The predicted octanol–water partition coefficient (Wildman–Crippen LogP) is 2.24. The molecule has 0 unspecified atom stereocenters. The lowest BCUT2D eigenvalue weighted by atomic mass is 10.1. The maximum absolute atomic E-state index is 12.7. The minimum absolute atomic E-state index is 0.00851. The van der Waals surface area contributed by atoms with Gasteiger partial charge in [-0.3, -0.25) is 19.6 Å². The molecule has 0 aromatic carbocycles. The molecular weight excluding hydrogens is 342 g/mol. The van der Waals surface area contributed by atoms with E-state index in [9.17, 15) is 9.59 Å². The lowest BCUT2D eigenvalue weighted by Gasteiger charge is -2.24. The van der Waals surface area contributed by atoms with E-state index in [-0.39, 0.29) is 17.5 Å². The quantitative estimate of drug-likeness (QED) is 0.750. The zero-order valence-electron chi connectivity index (χ0n) is 15.5. The number of aryl methyl sites for hydroxylation is 1. The van der Waals surface area contributed by atoms with Gasteiger partial charge in [0.25, 0.3) is 11.5 Å². The lowest BCUT2D eigenvalue weighted by Crippen LogP contribution is -2.39. The Kier molecular flexibility index (Phi) is 5.40. The highest BCUT2D eigenvalue weighted by Crippen LogP contribution is 2.12. The van der Waals surface area contributed by atoms with Gasteiger partial charge in [0.15, 0.2) is 0 Å². The first-order chi connectivity index (χ1) is 13.0. The van der Waals surface area contributed by atoms with Crippen LogP contribution >= 0.6 is 0 Å². The number of hydrogen-bond donors (Lipinski definition) is 1. The van der Waals surface area contributed by atoms with Gasteiger partial charge in [0, 0.05) is 55.6 Å². The summed E-state index contributed by atoms with van der Waals surface area (Å²) in [4.78, 5) is 41.9. The molecule has 27 heavy (non-hydrogen) atoms. The predicted molar refractivity (Wildman–Crippen MR) is 102 cm³/mol. The molecule has 0 saturated carbocycles. The van der Waals surface area contributed by atoms with Gasteiger partial charge in [-0.2, -0.15) is 0 Å². The van der Waals surface area contributed by atoms with Gasteiger partial charge in [0.1, 0.15) is 11.4 Å². The monoisotopic (exact) mass is 363 g/mol. The molecule has 0 fully saturated rings. The highest BCUT2D eigenvalue weighted by atomic mass is 16.2. The van der Waals surface area contributed by atoms with E-state index in [1.54, 1.807) is 42.7 Å². The van der Waals surface area contributed by atoms with Crippen LogP contribution in [0.4, 0.5) is 0 Å². The van der Waals surface area contributed by atoms with Crippen LogP contribution in [0.15, 0.2) is 53.8 Å². The first kappa shape index (κ1) is 18.4. The standard InChI is InChI=1S/C20H21N5O2/c1-13-6-8-22-16(9-13)10-14(2)25(3)20(27)17-12-23-18(24-19(17)26)15-5-4-7-21-11-15/h4-9,11-12,14H,10H2,1-3H3,(H,23,24,26)/t14-/m0/s1. The molecule has 0 saturated heterocycles. The van der Waals surface area contributed by atoms with Crippen molar-refractivity contribution < 1.29 is 4.79 Å². The summed E-state index contributed by atoms with van der Waals surface area (Å²) in [6.45, 7) is 3.92. The summed E-state index contributed by atoms with van der Waals surface area (Å²) in [5.74, 6) is 0.00551. The molecule has 0 radical (unpaired) electrons. The smallest absolute Gasteiger partial charge is 0.264 e. The molecule has 3 aromatic heterocycles. The summed E-state index contributed by atoms with van der Waals surface area (Å²) in [6.07, 6.45) is 6.91. The van der Waals surface area contributed by atoms with Crippen LogP contribution < -0.4 is 5.56 Å². The first-order valence-corrected chi connectivity index (χ1v) is 8.64. The van der Waals surface area contributed by atoms with Crippen LogP contribution in [-0.4, -0.2) is 43.8 Å². The van der Waals surface area contributed by atoms with Crippen LogP contribution in [0.25, 0.3) is 11.4 Å². The number of amides is 1. The normalized spacial score (nSPS) is 11.8. The van der Waals surface area contributed by atoms with Gasteiger partial charge < -0.3 is 9.88 Å². The van der Waals surface area contributed by atoms with Crippen LogP contribution in [-0.2, 0) is 6.42 Å². The number of carbonyl (C=O) groups excluding carboxylic acids is 1. The minimum atomic E-state index is -0.471. The molecule has 7 heteroatoms.